The van der Waals surface area contributed by atoms with Crippen molar-refractivity contribution >= 4 is 23.4 Å². The molecule has 3 fully saturated rings. The lowest BCUT2D eigenvalue weighted by molar-refractivity contribution is -0.136. The number of nitrogens with zero attached hydrogens (tertiary/aromatic N) is 4. The number of hydrogen-bond donors (Lipinski definition) is 2. The van der Waals surface area contributed by atoms with Gasteiger partial charge in [0.1, 0.15) is 11.9 Å². The summed E-state index contributed by atoms with van der Waals surface area (Å²) >= 11 is 0. The van der Waals surface area contributed by atoms with Crippen LogP contribution in [0.3, 0.4) is 0 Å². The van der Waals surface area contributed by atoms with E-state index in [0.717, 1.165) is 66.0 Å². The number of pyridine rings is 1. The van der Waals surface area contributed by atoms with Crippen molar-refractivity contribution < 1.29 is 18.8 Å². The van der Waals surface area contributed by atoms with Crippen molar-refractivity contribution in [3.05, 3.63) is 64.9 Å². The van der Waals surface area contributed by atoms with Gasteiger partial charge in [-0.05, 0) is 80.3 Å². The summed E-state index contributed by atoms with van der Waals surface area (Å²) in [6.07, 6.45) is 8.29. The summed E-state index contributed by atoms with van der Waals surface area (Å²) < 4.78 is 15.7. The minimum Gasteiger partial charge on any atom is -0.385 e. The van der Waals surface area contributed by atoms with Gasteiger partial charge in [0.2, 0.25) is 11.8 Å². The normalized spacial score (nSPS) is 24.1. The van der Waals surface area contributed by atoms with Crippen LogP contribution < -0.4 is 10.6 Å². The molecule has 2 N–H and O–H groups in total. The highest BCUT2D eigenvalue weighted by Crippen LogP contribution is 2.46. The van der Waals surface area contributed by atoms with E-state index in [1.165, 1.54) is 12.3 Å². The van der Waals surface area contributed by atoms with Gasteiger partial charge in [-0.15, -0.1) is 0 Å². The Balaban J connectivity index is 0.974. The lowest BCUT2D eigenvalue weighted by Gasteiger charge is -2.35. The third kappa shape index (κ3) is 4.45. The van der Waals surface area contributed by atoms with Gasteiger partial charge in [0, 0.05) is 48.4 Å². The molecule has 9 nitrogen and oxygen atoms in total. The number of aryl methyl sites for hydroxylation is 1. The number of amides is 3. The number of rotatable bonds is 7. The van der Waals surface area contributed by atoms with E-state index in [9.17, 15) is 18.8 Å². The molecule has 0 radical (unpaired) electrons. The van der Waals surface area contributed by atoms with Gasteiger partial charge < -0.3 is 10.2 Å². The fraction of sp³-hybridized carbons (Fsp3) is 0.433. The van der Waals surface area contributed by atoms with Crippen LogP contribution in [-0.4, -0.2) is 50.0 Å². The summed E-state index contributed by atoms with van der Waals surface area (Å²) in [6, 6.07) is 6.99. The molecule has 1 atom stereocenters. The SMILES string of the molecule is Cc1cc(F)cnc1-c1cn(C2CC(CNc3ccc4c(c3)CN(C3CCC(=O)NC3=O)C4=O)C2)nc1C1CC1. The number of fused-ring (bicyclic) bond motifs is 1. The molecule has 7 rings (SSSR count). The predicted octanol–water partition coefficient (Wildman–Crippen LogP) is 4.09. The fourth-order valence-corrected chi connectivity index (χ4v) is 6.29. The number of carbonyl (C=O) groups excluding carboxylic acids is 3. The van der Waals surface area contributed by atoms with E-state index in [-0.39, 0.29) is 24.1 Å². The molecule has 1 saturated heterocycles. The smallest absolute Gasteiger partial charge is 0.255 e. The molecule has 2 aliphatic heterocycles. The van der Waals surface area contributed by atoms with E-state index < -0.39 is 11.9 Å². The number of aromatic nitrogens is 3. The van der Waals surface area contributed by atoms with Gasteiger partial charge in [-0.1, -0.05) is 0 Å². The van der Waals surface area contributed by atoms with Crippen molar-refractivity contribution in [2.24, 2.45) is 5.92 Å². The molecule has 2 aliphatic carbocycles. The molecule has 2 saturated carbocycles. The molecule has 0 spiro atoms. The van der Waals surface area contributed by atoms with Crippen LogP contribution in [0.4, 0.5) is 10.1 Å². The van der Waals surface area contributed by atoms with E-state index in [0.29, 0.717) is 36.4 Å². The second-order valence-electron chi connectivity index (χ2n) is 11.6. The van der Waals surface area contributed by atoms with E-state index in [1.807, 2.05) is 25.1 Å². The first-order chi connectivity index (χ1) is 19.3. The van der Waals surface area contributed by atoms with Crippen LogP contribution in [0, 0.1) is 18.7 Å². The largest absolute Gasteiger partial charge is 0.385 e. The number of carbonyl (C=O) groups is 3. The maximum Gasteiger partial charge on any atom is 0.255 e. The third-order valence-corrected chi connectivity index (χ3v) is 8.73. The standard InChI is InChI=1S/C30H31FN6O3/c1-16-8-20(31)13-33-27(16)24-15-37(35-28(24)18-2-3-18)22-9-17(10-22)12-32-21-4-5-23-19(11-21)14-36(30(23)40)25-6-7-26(38)34-29(25)39/h4-5,8,11,13,15,17-18,22,25,32H,2-3,6-7,9-10,12,14H2,1H3,(H,34,38,39). The van der Waals surface area contributed by atoms with Crippen LogP contribution in [0.5, 0.6) is 0 Å². The minimum atomic E-state index is -0.605. The molecule has 3 aromatic rings. The van der Waals surface area contributed by atoms with Crippen molar-refractivity contribution in [2.75, 3.05) is 11.9 Å². The number of halogens is 1. The first-order valence-electron chi connectivity index (χ1n) is 14.1. The minimum absolute atomic E-state index is 0.159. The lowest BCUT2D eigenvalue weighted by Crippen LogP contribution is -2.52. The molecular weight excluding hydrogens is 511 g/mol. The van der Waals surface area contributed by atoms with E-state index in [1.54, 1.807) is 4.90 Å². The maximum absolute atomic E-state index is 13.6. The van der Waals surface area contributed by atoms with Gasteiger partial charge in [0.25, 0.3) is 5.91 Å². The van der Waals surface area contributed by atoms with Gasteiger partial charge >= 0.3 is 0 Å². The number of anilines is 1. The summed E-state index contributed by atoms with van der Waals surface area (Å²) in [4.78, 5) is 42.7. The zero-order chi connectivity index (χ0) is 27.5. The summed E-state index contributed by atoms with van der Waals surface area (Å²) in [5.41, 5.74) is 6.23. The summed E-state index contributed by atoms with van der Waals surface area (Å²) in [6.45, 7) is 3.09. The van der Waals surface area contributed by atoms with Crippen LogP contribution in [0.15, 0.2) is 36.7 Å². The van der Waals surface area contributed by atoms with Crippen LogP contribution in [0.25, 0.3) is 11.3 Å². The molecule has 1 aromatic carbocycles. The topological polar surface area (TPSA) is 109 Å². The second-order valence-corrected chi connectivity index (χ2v) is 11.6. The molecule has 4 aliphatic rings. The number of benzene rings is 1. The highest BCUT2D eigenvalue weighted by molar-refractivity contribution is 6.05. The number of imide groups is 1. The quantitative estimate of drug-likeness (QED) is 0.436. The van der Waals surface area contributed by atoms with Crippen LogP contribution >= 0.6 is 0 Å². The third-order valence-electron chi connectivity index (χ3n) is 8.73. The molecule has 3 amide bonds. The number of hydrogen-bond acceptors (Lipinski definition) is 6. The first kappa shape index (κ1) is 24.9. The van der Waals surface area contributed by atoms with Gasteiger partial charge in [-0.3, -0.25) is 29.4 Å². The zero-order valence-corrected chi connectivity index (χ0v) is 22.3. The highest BCUT2D eigenvalue weighted by Gasteiger charge is 2.39. The zero-order valence-electron chi connectivity index (χ0n) is 22.3. The van der Waals surface area contributed by atoms with Crippen molar-refractivity contribution in [1.29, 1.82) is 0 Å². The predicted molar refractivity (Wildman–Crippen MR) is 145 cm³/mol. The van der Waals surface area contributed by atoms with Crippen molar-refractivity contribution in [3.63, 3.8) is 0 Å². The average Bonchev–Trinajstić information content (AvgIpc) is 3.57. The van der Waals surface area contributed by atoms with Gasteiger partial charge in [0.15, 0.2) is 0 Å². The molecular formula is C30H31FN6O3. The average molecular weight is 543 g/mol. The summed E-state index contributed by atoms with van der Waals surface area (Å²) in [5.74, 6) is -0.190. The van der Waals surface area contributed by atoms with E-state index >= 15 is 0 Å². The van der Waals surface area contributed by atoms with Crippen LogP contribution in [-0.2, 0) is 16.1 Å². The number of piperidine rings is 1. The molecule has 10 heteroatoms. The summed E-state index contributed by atoms with van der Waals surface area (Å²) in [7, 11) is 0. The van der Waals surface area contributed by atoms with E-state index in [2.05, 4.69) is 26.5 Å². The fourth-order valence-electron chi connectivity index (χ4n) is 6.29. The Kier molecular flexibility index (Phi) is 5.94. The lowest BCUT2D eigenvalue weighted by atomic mass is 9.80. The summed E-state index contributed by atoms with van der Waals surface area (Å²) in [5, 5.41) is 10.8. The van der Waals surface area contributed by atoms with Crippen molar-refractivity contribution in [1.82, 2.24) is 25.0 Å². The Morgan fingerprint density at radius 3 is 2.67 bits per heavy atom. The van der Waals surface area contributed by atoms with Crippen LogP contribution in [0.2, 0.25) is 0 Å². The molecule has 4 heterocycles. The Morgan fingerprint density at radius 2 is 1.93 bits per heavy atom. The monoisotopic (exact) mass is 542 g/mol. The van der Waals surface area contributed by atoms with E-state index in [4.69, 9.17) is 5.10 Å². The number of nitrogens with one attached hydrogen (secondary N) is 2. The molecule has 2 aromatic heterocycles. The molecule has 206 valence electrons. The van der Waals surface area contributed by atoms with Gasteiger partial charge in [-0.2, -0.15) is 5.10 Å². The second kappa shape index (κ2) is 9.53. The molecule has 40 heavy (non-hydrogen) atoms. The maximum atomic E-state index is 13.6. The highest BCUT2D eigenvalue weighted by atomic mass is 19.1. The Labute approximate surface area is 231 Å². The Bertz CT molecular complexity index is 1540. The van der Waals surface area contributed by atoms with Crippen molar-refractivity contribution in [2.45, 2.75) is 70.0 Å². The molecule has 1 unspecified atom stereocenters. The molecule has 0 bridgehead atoms. The van der Waals surface area contributed by atoms with Crippen LogP contribution in [0.1, 0.15) is 77.7 Å². The van der Waals surface area contributed by atoms with Crippen molar-refractivity contribution in [3.8, 4) is 11.3 Å². The Morgan fingerprint density at radius 1 is 1.10 bits per heavy atom. The van der Waals surface area contributed by atoms with Gasteiger partial charge in [-0.25, -0.2) is 4.39 Å². The van der Waals surface area contributed by atoms with Gasteiger partial charge in [0.05, 0.1) is 23.6 Å². The Hall–Kier alpha value is -4.08. The first-order valence-corrected chi connectivity index (χ1v) is 14.1.